The van der Waals surface area contributed by atoms with Crippen molar-refractivity contribution >= 4 is 5.95 Å². The van der Waals surface area contributed by atoms with Gasteiger partial charge >= 0.3 is 0 Å². The Bertz CT molecular complexity index is 404. The number of rotatable bonds is 6. The molecule has 1 aliphatic heterocycles. The molecular weight excluding hydrogens is 252 g/mol. The maximum Gasteiger partial charge on any atom is 0.223 e. The predicted molar refractivity (Wildman–Crippen MR) is 81.0 cm³/mol. The summed E-state index contributed by atoms with van der Waals surface area (Å²) in [7, 11) is 1.76. The highest BCUT2D eigenvalue weighted by Crippen LogP contribution is 2.16. The van der Waals surface area contributed by atoms with Gasteiger partial charge in [0.2, 0.25) is 5.95 Å². The first kappa shape index (κ1) is 15.2. The van der Waals surface area contributed by atoms with Crippen molar-refractivity contribution in [2.45, 2.75) is 26.7 Å². The molecule has 1 saturated heterocycles. The minimum Gasteiger partial charge on any atom is -0.383 e. The smallest absolute Gasteiger partial charge is 0.223 e. The molecule has 1 unspecified atom stereocenters. The van der Waals surface area contributed by atoms with Gasteiger partial charge in [-0.1, -0.05) is 0 Å². The second kappa shape index (κ2) is 7.55. The third kappa shape index (κ3) is 4.72. The van der Waals surface area contributed by atoms with E-state index >= 15 is 0 Å². The lowest BCUT2D eigenvalue weighted by Crippen LogP contribution is -2.39. The van der Waals surface area contributed by atoms with E-state index in [1.165, 1.54) is 19.4 Å². The number of anilines is 1. The molecule has 2 heterocycles. The fraction of sp³-hybridized carbons (Fsp3) is 0.733. The molecule has 0 amide bonds. The Morgan fingerprint density at radius 1 is 1.35 bits per heavy atom. The maximum atomic E-state index is 5.16. The van der Waals surface area contributed by atoms with Crippen LogP contribution in [0.1, 0.15) is 24.2 Å². The highest BCUT2D eigenvalue weighted by atomic mass is 16.5. The Labute approximate surface area is 121 Å². The molecule has 0 spiro atoms. The number of hydrogen-bond donors (Lipinski definition) is 1. The van der Waals surface area contributed by atoms with Gasteiger partial charge in [-0.15, -0.1) is 0 Å². The zero-order chi connectivity index (χ0) is 14.4. The summed E-state index contributed by atoms with van der Waals surface area (Å²) in [6, 6.07) is 2.00. The molecule has 1 N–H and O–H groups in total. The van der Waals surface area contributed by atoms with Gasteiger partial charge in [0.15, 0.2) is 0 Å². The summed E-state index contributed by atoms with van der Waals surface area (Å²) < 4.78 is 5.16. The number of nitrogens with zero attached hydrogens (tertiary/aromatic N) is 3. The van der Waals surface area contributed by atoms with Gasteiger partial charge in [-0.2, -0.15) is 0 Å². The Morgan fingerprint density at radius 3 is 2.80 bits per heavy atom. The molecule has 0 aromatic carbocycles. The zero-order valence-electron chi connectivity index (χ0n) is 12.9. The highest BCUT2D eigenvalue weighted by molar-refractivity contribution is 5.27. The number of methoxy groups -OCH3 is 1. The van der Waals surface area contributed by atoms with Gasteiger partial charge in [-0.3, -0.25) is 0 Å². The van der Waals surface area contributed by atoms with Crippen molar-refractivity contribution in [3.63, 3.8) is 0 Å². The topological polar surface area (TPSA) is 50.3 Å². The van der Waals surface area contributed by atoms with E-state index in [-0.39, 0.29) is 0 Å². The fourth-order valence-electron chi connectivity index (χ4n) is 2.78. The van der Waals surface area contributed by atoms with Crippen LogP contribution in [0.2, 0.25) is 0 Å². The van der Waals surface area contributed by atoms with E-state index in [2.05, 4.69) is 20.2 Å². The number of nitrogens with one attached hydrogen (secondary N) is 1. The fourth-order valence-corrected chi connectivity index (χ4v) is 2.78. The van der Waals surface area contributed by atoms with Gasteiger partial charge in [0.1, 0.15) is 0 Å². The van der Waals surface area contributed by atoms with Crippen molar-refractivity contribution in [1.29, 1.82) is 0 Å². The van der Waals surface area contributed by atoms with Crippen LogP contribution in [0.5, 0.6) is 0 Å². The van der Waals surface area contributed by atoms with Crippen molar-refractivity contribution < 1.29 is 4.74 Å². The van der Waals surface area contributed by atoms with Crippen LogP contribution in [0.4, 0.5) is 5.95 Å². The van der Waals surface area contributed by atoms with Gasteiger partial charge < -0.3 is 15.0 Å². The first-order valence-corrected chi connectivity index (χ1v) is 7.45. The second-order valence-corrected chi connectivity index (χ2v) is 5.66. The molecule has 2 rings (SSSR count). The first-order valence-electron chi connectivity index (χ1n) is 7.45. The second-order valence-electron chi connectivity index (χ2n) is 5.66. The number of aryl methyl sites for hydroxylation is 2. The molecular formula is C15H26N4O. The van der Waals surface area contributed by atoms with Crippen LogP contribution in [0.3, 0.4) is 0 Å². The van der Waals surface area contributed by atoms with Crippen molar-refractivity contribution in [2.24, 2.45) is 5.92 Å². The lowest BCUT2D eigenvalue weighted by Gasteiger charge is -2.32. The van der Waals surface area contributed by atoms with Crippen LogP contribution >= 0.6 is 0 Å². The van der Waals surface area contributed by atoms with Crippen molar-refractivity contribution in [1.82, 2.24) is 14.9 Å². The van der Waals surface area contributed by atoms with Gasteiger partial charge in [0.25, 0.3) is 0 Å². The third-order valence-corrected chi connectivity index (χ3v) is 3.75. The Morgan fingerprint density at radius 2 is 2.10 bits per heavy atom. The van der Waals surface area contributed by atoms with E-state index in [1.54, 1.807) is 7.11 Å². The van der Waals surface area contributed by atoms with Crippen LogP contribution in [0.25, 0.3) is 0 Å². The van der Waals surface area contributed by atoms with Crippen molar-refractivity contribution in [3.8, 4) is 0 Å². The van der Waals surface area contributed by atoms with Crippen LogP contribution in [-0.4, -0.2) is 54.8 Å². The average molecular weight is 278 g/mol. The van der Waals surface area contributed by atoms with Crippen molar-refractivity contribution in [2.75, 3.05) is 45.2 Å². The van der Waals surface area contributed by atoms with E-state index in [1.807, 2.05) is 19.9 Å². The average Bonchev–Trinajstić information content (AvgIpc) is 2.42. The Hall–Kier alpha value is -1.20. The number of piperidine rings is 1. The number of likely N-dealkylation sites (tertiary alicyclic amines) is 1. The molecule has 1 atom stereocenters. The van der Waals surface area contributed by atoms with Crippen LogP contribution in [-0.2, 0) is 4.74 Å². The molecule has 20 heavy (non-hydrogen) atoms. The quantitative estimate of drug-likeness (QED) is 0.861. The minimum atomic E-state index is 0.671. The van der Waals surface area contributed by atoms with Gasteiger partial charge in [0.05, 0.1) is 6.61 Å². The van der Waals surface area contributed by atoms with Crippen LogP contribution < -0.4 is 5.32 Å². The van der Waals surface area contributed by atoms with E-state index in [9.17, 15) is 0 Å². The molecule has 0 radical (unpaired) electrons. The summed E-state index contributed by atoms with van der Waals surface area (Å²) in [6.07, 6.45) is 2.55. The summed E-state index contributed by atoms with van der Waals surface area (Å²) >= 11 is 0. The Kier molecular flexibility index (Phi) is 5.73. The summed E-state index contributed by atoms with van der Waals surface area (Å²) in [4.78, 5) is 11.4. The van der Waals surface area contributed by atoms with E-state index < -0.39 is 0 Å². The third-order valence-electron chi connectivity index (χ3n) is 3.75. The highest BCUT2D eigenvalue weighted by Gasteiger charge is 2.19. The van der Waals surface area contributed by atoms with Crippen LogP contribution in [0.15, 0.2) is 6.07 Å². The molecule has 1 aliphatic rings. The minimum absolute atomic E-state index is 0.671. The van der Waals surface area contributed by atoms with Gasteiger partial charge in [-0.05, 0) is 45.2 Å². The summed E-state index contributed by atoms with van der Waals surface area (Å²) in [6.45, 7) is 9.15. The van der Waals surface area contributed by atoms with E-state index in [0.717, 1.165) is 43.6 Å². The molecule has 112 valence electrons. The molecule has 1 aromatic heterocycles. The lowest BCUT2D eigenvalue weighted by atomic mass is 9.98. The molecule has 0 aliphatic carbocycles. The lowest BCUT2D eigenvalue weighted by molar-refractivity contribution is 0.117. The number of ether oxygens (including phenoxy) is 1. The molecule has 1 aromatic rings. The molecule has 0 bridgehead atoms. The van der Waals surface area contributed by atoms with Gasteiger partial charge in [-0.25, -0.2) is 9.97 Å². The molecule has 5 heteroatoms. The summed E-state index contributed by atoms with van der Waals surface area (Å²) in [5, 5.41) is 3.39. The SMILES string of the molecule is COCCN1CCCC(CNc2nc(C)cc(C)n2)C1. The number of hydrogen-bond acceptors (Lipinski definition) is 5. The van der Waals surface area contributed by atoms with Crippen LogP contribution in [0, 0.1) is 19.8 Å². The van der Waals surface area contributed by atoms with Gasteiger partial charge in [0, 0.05) is 38.1 Å². The molecule has 5 nitrogen and oxygen atoms in total. The zero-order valence-corrected chi connectivity index (χ0v) is 12.9. The van der Waals surface area contributed by atoms with E-state index in [4.69, 9.17) is 4.74 Å². The van der Waals surface area contributed by atoms with E-state index in [0.29, 0.717) is 5.92 Å². The predicted octanol–water partition coefficient (Wildman–Crippen LogP) is 1.86. The molecule has 0 saturated carbocycles. The largest absolute Gasteiger partial charge is 0.383 e. The summed E-state index contributed by atoms with van der Waals surface area (Å²) in [5.74, 6) is 1.43. The standard InChI is InChI=1S/C15H26N4O/c1-12-9-13(2)18-15(17-12)16-10-14-5-4-6-19(11-14)7-8-20-3/h9,14H,4-8,10-11H2,1-3H3,(H,16,17,18). The monoisotopic (exact) mass is 278 g/mol. The van der Waals surface area contributed by atoms with Crippen molar-refractivity contribution in [3.05, 3.63) is 17.5 Å². The molecule has 1 fully saturated rings. The first-order chi connectivity index (χ1) is 9.67. The maximum absolute atomic E-state index is 5.16. The number of aromatic nitrogens is 2. The summed E-state index contributed by atoms with van der Waals surface area (Å²) in [5.41, 5.74) is 2.04. The normalized spacial score (nSPS) is 20.1. The Balaban J connectivity index is 1.80.